The van der Waals surface area contributed by atoms with E-state index in [-0.39, 0.29) is 5.91 Å². The van der Waals surface area contributed by atoms with Crippen molar-refractivity contribution in [1.82, 2.24) is 15.5 Å². The zero-order valence-electron chi connectivity index (χ0n) is 10.9. The van der Waals surface area contributed by atoms with Crippen molar-refractivity contribution in [2.75, 3.05) is 12.4 Å². The van der Waals surface area contributed by atoms with E-state index in [4.69, 9.17) is 0 Å². The fourth-order valence-corrected chi connectivity index (χ4v) is 2.46. The maximum absolute atomic E-state index is 11.3. The summed E-state index contributed by atoms with van der Waals surface area (Å²) in [5.74, 6) is 0.434. The summed E-state index contributed by atoms with van der Waals surface area (Å²) in [5.41, 5.74) is 0.317. The number of thiophene rings is 1. The molecule has 0 fully saturated rings. The molecule has 2 aromatic heterocycles. The molecule has 0 saturated carbocycles. The summed E-state index contributed by atoms with van der Waals surface area (Å²) in [6, 6.07) is 7.66. The Bertz CT molecular complexity index is 550. The molecule has 2 rings (SSSR count). The summed E-state index contributed by atoms with van der Waals surface area (Å²) < 4.78 is 0. The van der Waals surface area contributed by atoms with Crippen molar-refractivity contribution in [1.29, 1.82) is 0 Å². The molecule has 0 unspecified atom stereocenters. The predicted molar refractivity (Wildman–Crippen MR) is 76.4 cm³/mol. The lowest BCUT2D eigenvalue weighted by atomic mass is 10.3. The van der Waals surface area contributed by atoms with Crippen LogP contribution >= 0.6 is 11.3 Å². The second kappa shape index (κ2) is 6.29. The first kappa shape index (κ1) is 13.5. The topological polar surface area (TPSA) is 66.9 Å². The second-order valence-electron chi connectivity index (χ2n) is 3.96. The maximum atomic E-state index is 11.3. The maximum Gasteiger partial charge on any atom is 0.271 e. The fraction of sp³-hybridized carbons (Fsp3) is 0.308. The molecule has 19 heavy (non-hydrogen) atoms. The lowest BCUT2D eigenvalue weighted by Gasteiger charge is -2.03. The van der Waals surface area contributed by atoms with Crippen molar-refractivity contribution in [2.24, 2.45) is 0 Å². The van der Waals surface area contributed by atoms with Crippen LogP contribution < -0.4 is 10.6 Å². The third-order valence-electron chi connectivity index (χ3n) is 2.63. The number of hydrogen-bond acceptors (Lipinski definition) is 5. The van der Waals surface area contributed by atoms with Crippen LogP contribution in [0.15, 0.2) is 24.3 Å². The van der Waals surface area contributed by atoms with E-state index in [2.05, 4.69) is 39.9 Å². The highest BCUT2D eigenvalue weighted by Crippen LogP contribution is 2.17. The zero-order valence-corrected chi connectivity index (χ0v) is 11.8. The van der Waals surface area contributed by atoms with Crippen molar-refractivity contribution in [3.8, 4) is 0 Å². The van der Waals surface area contributed by atoms with E-state index in [0.29, 0.717) is 11.5 Å². The third-order valence-corrected chi connectivity index (χ3v) is 3.86. The van der Waals surface area contributed by atoms with E-state index in [1.165, 1.54) is 9.75 Å². The van der Waals surface area contributed by atoms with Gasteiger partial charge in [0, 0.05) is 16.8 Å². The van der Waals surface area contributed by atoms with Crippen LogP contribution in [-0.2, 0) is 13.0 Å². The number of aromatic nitrogens is 2. The number of anilines is 1. The van der Waals surface area contributed by atoms with Gasteiger partial charge in [0.2, 0.25) is 0 Å². The van der Waals surface area contributed by atoms with Crippen molar-refractivity contribution in [3.63, 3.8) is 0 Å². The van der Waals surface area contributed by atoms with Gasteiger partial charge in [0.1, 0.15) is 5.82 Å². The monoisotopic (exact) mass is 276 g/mol. The fourth-order valence-electron chi connectivity index (χ4n) is 1.56. The largest absolute Gasteiger partial charge is 0.364 e. The Hall–Kier alpha value is -1.95. The molecule has 0 atom stereocenters. The highest BCUT2D eigenvalue weighted by Gasteiger charge is 2.05. The van der Waals surface area contributed by atoms with Crippen molar-refractivity contribution < 1.29 is 4.79 Å². The Balaban J connectivity index is 1.94. The highest BCUT2D eigenvalue weighted by molar-refractivity contribution is 7.12. The predicted octanol–water partition coefficient (Wildman–Crippen LogP) is 2.07. The summed E-state index contributed by atoms with van der Waals surface area (Å²) in [6.45, 7) is 2.87. The minimum atomic E-state index is -0.232. The van der Waals surface area contributed by atoms with Gasteiger partial charge in [-0.3, -0.25) is 4.79 Å². The first-order valence-electron chi connectivity index (χ1n) is 6.10. The lowest BCUT2D eigenvalue weighted by Crippen LogP contribution is -2.19. The van der Waals surface area contributed by atoms with Gasteiger partial charge in [-0.15, -0.1) is 21.5 Å². The van der Waals surface area contributed by atoms with Crippen LogP contribution in [0.1, 0.15) is 27.2 Å². The van der Waals surface area contributed by atoms with E-state index >= 15 is 0 Å². The van der Waals surface area contributed by atoms with Gasteiger partial charge >= 0.3 is 0 Å². The molecule has 1 amide bonds. The van der Waals surface area contributed by atoms with Crippen LogP contribution in [0.25, 0.3) is 0 Å². The molecule has 2 heterocycles. The molecule has 0 spiro atoms. The molecule has 0 aliphatic heterocycles. The standard InChI is InChI=1S/C13H16N4OS/c1-3-9-4-5-10(19-9)8-15-12-7-6-11(16-17-12)13(18)14-2/h4-7H,3,8H2,1-2H3,(H,14,18)(H,15,17). The first-order chi connectivity index (χ1) is 9.22. The van der Waals surface area contributed by atoms with Gasteiger partial charge in [-0.05, 0) is 30.7 Å². The Morgan fingerprint density at radius 1 is 1.21 bits per heavy atom. The number of nitrogens with one attached hydrogen (secondary N) is 2. The molecule has 2 aromatic rings. The van der Waals surface area contributed by atoms with Crippen molar-refractivity contribution >= 4 is 23.1 Å². The Morgan fingerprint density at radius 2 is 2.00 bits per heavy atom. The van der Waals surface area contributed by atoms with Crippen LogP contribution in [0.2, 0.25) is 0 Å². The number of rotatable bonds is 5. The smallest absolute Gasteiger partial charge is 0.271 e. The van der Waals surface area contributed by atoms with Gasteiger partial charge in [-0.25, -0.2) is 0 Å². The van der Waals surface area contributed by atoms with Gasteiger partial charge in [-0.1, -0.05) is 6.92 Å². The molecule has 0 aromatic carbocycles. The summed E-state index contributed by atoms with van der Waals surface area (Å²) in [7, 11) is 1.57. The van der Waals surface area contributed by atoms with E-state index in [1.807, 2.05) is 0 Å². The van der Waals surface area contributed by atoms with Gasteiger partial charge in [0.25, 0.3) is 5.91 Å². The SMILES string of the molecule is CCc1ccc(CNc2ccc(C(=O)NC)nn2)s1. The molecule has 0 bridgehead atoms. The quantitative estimate of drug-likeness (QED) is 0.877. The normalized spacial score (nSPS) is 10.2. The molecule has 6 heteroatoms. The van der Waals surface area contributed by atoms with E-state index in [0.717, 1.165) is 13.0 Å². The summed E-state index contributed by atoms with van der Waals surface area (Å²) in [5, 5.41) is 13.5. The molecule has 0 aliphatic rings. The average molecular weight is 276 g/mol. The Kier molecular flexibility index (Phi) is 4.46. The van der Waals surface area contributed by atoms with Crippen LogP contribution in [0.3, 0.4) is 0 Å². The Morgan fingerprint density at radius 3 is 2.58 bits per heavy atom. The second-order valence-corrected chi connectivity index (χ2v) is 5.21. The third kappa shape index (κ3) is 3.51. The highest BCUT2D eigenvalue weighted by atomic mass is 32.1. The van der Waals surface area contributed by atoms with Crippen LogP contribution in [-0.4, -0.2) is 23.2 Å². The number of hydrogen-bond donors (Lipinski definition) is 2. The number of nitrogens with zero attached hydrogens (tertiary/aromatic N) is 2. The van der Waals surface area contributed by atoms with Gasteiger partial charge in [0.15, 0.2) is 5.69 Å². The van der Waals surface area contributed by atoms with Crippen LogP contribution in [0.5, 0.6) is 0 Å². The Labute approximate surface area is 116 Å². The van der Waals surface area contributed by atoms with Crippen molar-refractivity contribution in [3.05, 3.63) is 39.7 Å². The lowest BCUT2D eigenvalue weighted by molar-refractivity contribution is 0.0957. The molecule has 0 aliphatic carbocycles. The van der Waals surface area contributed by atoms with Gasteiger partial charge in [-0.2, -0.15) is 0 Å². The number of aryl methyl sites for hydroxylation is 1. The number of amides is 1. The minimum absolute atomic E-state index is 0.232. The molecule has 0 radical (unpaired) electrons. The zero-order chi connectivity index (χ0) is 13.7. The summed E-state index contributed by atoms with van der Waals surface area (Å²) in [4.78, 5) is 13.9. The van der Waals surface area contributed by atoms with Crippen LogP contribution in [0.4, 0.5) is 5.82 Å². The molecular formula is C13H16N4OS. The van der Waals surface area contributed by atoms with Gasteiger partial charge < -0.3 is 10.6 Å². The van der Waals surface area contributed by atoms with Crippen molar-refractivity contribution in [2.45, 2.75) is 19.9 Å². The first-order valence-corrected chi connectivity index (χ1v) is 6.92. The summed E-state index contributed by atoms with van der Waals surface area (Å²) >= 11 is 1.79. The number of carbonyl (C=O) groups is 1. The van der Waals surface area contributed by atoms with E-state index in [9.17, 15) is 4.79 Å². The van der Waals surface area contributed by atoms with E-state index in [1.54, 1.807) is 30.5 Å². The molecule has 0 saturated heterocycles. The molecule has 5 nitrogen and oxygen atoms in total. The number of carbonyl (C=O) groups excluding carboxylic acids is 1. The molecule has 100 valence electrons. The average Bonchev–Trinajstić information content (AvgIpc) is 2.93. The van der Waals surface area contributed by atoms with E-state index < -0.39 is 0 Å². The van der Waals surface area contributed by atoms with Crippen LogP contribution in [0, 0.1) is 0 Å². The summed E-state index contributed by atoms with van der Waals surface area (Å²) in [6.07, 6.45) is 1.06. The molecule has 2 N–H and O–H groups in total. The van der Waals surface area contributed by atoms with Gasteiger partial charge in [0.05, 0.1) is 6.54 Å². The minimum Gasteiger partial charge on any atom is -0.364 e. The molecular weight excluding hydrogens is 260 g/mol.